The first kappa shape index (κ1) is 14.2. The first-order valence-electron chi connectivity index (χ1n) is 6.44. The molecule has 1 aliphatic rings. The molecule has 1 atom stereocenters. The van der Waals surface area contributed by atoms with E-state index in [0.29, 0.717) is 18.2 Å². The van der Waals surface area contributed by atoms with Crippen molar-refractivity contribution in [2.75, 3.05) is 18.4 Å². The van der Waals surface area contributed by atoms with Crippen LogP contribution in [0.1, 0.15) is 38.6 Å². The van der Waals surface area contributed by atoms with Crippen LogP contribution in [0.2, 0.25) is 0 Å². The lowest BCUT2D eigenvalue weighted by atomic mass is 9.98. The third kappa shape index (κ3) is 3.63. The van der Waals surface area contributed by atoms with Gasteiger partial charge in [0.25, 0.3) is 0 Å². The second kappa shape index (κ2) is 5.42. The zero-order chi connectivity index (χ0) is 14.0. The molecule has 2 rings (SSSR count). The van der Waals surface area contributed by atoms with Crippen molar-refractivity contribution in [2.24, 2.45) is 0 Å². The topological polar surface area (TPSA) is 78.4 Å². The van der Waals surface area contributed by atoms with Gasteiger partial charge in [0.1, 0.15) is 5.01 Å². The Hall–Kier alpha value is -1.21. The number of carbonyl (C=O) groups is 1. The maximum absolute atomic E-state index is 12.0. The fraction of sp³-hybridized carbons (Fsp3) is 0.750. The molecule has 106 valence electrons. The van der Waals surface area contributed by atoms with Crippen LogP contribution in [0, 0.1) is 0 Å². The van der Waals surface area contributed by atoms with Gasteiger partial charge in [-0.05, 0) is 12.8 Å². The molecule has 1 fully saturated rings. The fourth-order valence-corrected chi connectivity index (χ4v) is 2.68. The molecular weight excluding hydrogens is 264 g/mol. The van der Waals surface area contributed by atoms with Gasteiger partial charge in [0.15, 0.2) is 0 Å². The van der Waals surface area contributed by atoms with Crippen LogP contribution in [0.4, 0.5) is 9.93 Å². The first-order valence-corrected chi connectivity index (χ1v) is 7.26. The highest BCUT2D eigenvalue weighted by Crippen LogP contribution is 2.27. The number of likely N-dealkylation sites (tertiary alicyclic amines) is 1. The predicted molar refractivity (Wildman–Crippen MR) is 74.4 cm³/mol. The van der Waals surface area contributed by atoms with Gasteiger partial charge in [0.2, 0.25) is 5.13 Å². The van der Waals surface area contributed by atoms with Crippen molar-refractivity contribution in [3.63, 3.8) is 0 Å². The van der Waals surface area contributed by atoms with Crippen LogP contribution < -0.4 is 5.32 Å². The lowest BCUT2D eigenvalue weighted by molar-refractivity contribution is 0.0883. The Morgan fingerprint density at radius 2 is 2.21 bits per heavy atom. The average Bonchev–Trinajstić information content (AvgIpc) is 2.77. The van der Waals surface area contributed by atoms with Gasteiger partial charge in [0.05, 0.1) is 6.10 Å². The van der Waals surface area contributed by atoms with E-state index in [9.17, 15) is 9.90 Å². The van der Waals surface area contributed by atoms with E-state index in [1.807, 2.05) is 0 Å². The predicted octanol–water partition coefficient (Wildman–Crippen LogP) is 1.82. The van der Waals surface area contributed by atoms with Gasteiger partial charge in [-0.25, -0.2) is 4.79 Å². The van der Waals surface area contributed by atoms with E-state index < -0.39 is 6.10 Å². The molecule has 0 radical (unpaired) electrons. The number of carbonyl (C=O) groups excluding carboxylic acids is 1. The summed E-state index contributed by atoms with van der Waals surface area (Å²) in [5.74, 6) is 0. The molecule has 0 bridgehead atoms. The molecule has 1 aromatic heterocycles. The molecule has 0 unspecified atom stereocenters. The van der Waals surface area contributed by atoms with Gasteiger partial charge in [-0.1, -0.05) is 32.1 Å². The monoisotopic (exact) mass is 284 g/mol. The number of hydrogen-bond acceptors (Lipinski definition) is 5. The second-order valence-corrected chi connectivity index (χ2v) is 6.81. The Bertz CT molecular complexity index is 455. The summed E-state index contributed by atoms with van der Waals surface area (Å²) in [4.78, 5) is 13.6. The molecule has 6 nitrogen and oxygen atoms in total. The number of amides is 2. The van der Waals surface area contributed by atoms with Gasteiger partial charge in [-0.2, -0.15) is 0 Å². The van der Waals surface area contributed by atoms with E-state index in [4.69, 9.17) is 0 Å². The smallest absolute Gasteiger partial charge is 0.323 e. The number of rotatable bonds is 1. The standard InChI is InChI=1S/C12H20N4O2S/c1-12(2,3)9-14-15-10(19-9)13-11(18)16-6-4-5-8(17)7-16/h8,17H,4-7H2,1-3H3,(H,13,15,18)/t8-/m1/s1. The van der Waals surface area contributed by atoms with E-state index in [1.165, 1.54) is 11.3 Å². The molecule has 2 N–H and O–H groups in total. The SMILES string of the molecule is CC(C)(C)c1nnc(NC(=O)N2CCC[C@@H](O)C2)s1. The summed E-state index contributed by atoms with van der Waals surface area (Å²) in [6.45, 7) is 7.23. The quantitative estimate of drug-likeness (QED) is 0.824. The van der Waals surface area contributed by atoms with Gasteiger partial charge < -0.3 is 10.0 Å². The number of piperidine rings is 1. The number of β-amino-alcohol motifs (C(OH)–C–C–N with tert-alkyl or cyclic N) is 1. The van der Waals surface area contributed by atoms with Gasteiger partial charge >= 0.3 is 6.03 Å². The van der Waals surface area contributed by atoms with Crippen molar-refractivity contribution in [1.29, 1.82) is 0 Å². The summed E-state index contributed by atoms with van der Waals surface area (Å²) in [7, 11) is 0. The fourth-order valence-electron chi connectivity index (χ4n) is 1.89. The molecule has 1 aliphatic heterocycles. The number of anilines is 1. The highest BCUT2D eigenvalue weighted by molar-refractivity contribution is 7.15. The lowest BCUT2D eigenvalue weighted by Crippen LogP contribution is -2.44. The Morgan fingerprint density at radius 3 is 2.79 bits per heavy atom. The third-order valence-electron chi connectivity index (χ3n) is 2.96. The molecule has 1 aromatic rings. The molecular formula is C12H20N4O2S. The normalized spacial score (nSPS) is 20.4. The van der Waals surface area contributed by atoms with Crippen LogP contribution in [0.5, 0.6) is 0 Å². The second-order valence-electron chi connectivity index (χ2n) is 5.83. The largest absolute Gasteiger partial charge is 0.391 e. The summed E-state index contributed by atoms with van der Waals surface area (Å²) >= 11 is 1.39. The molecule has 2 heterocycles. The maximum Gasteiger partial charge on any atom is 0.323 e. The molecule has 19 heavy (non-hydrogen) atoms. The maximum atomic E-state index is 12.0. The van der Waals surface area contributed by atoms with E-state index in [2.05, 4.69) is 36.3 Å². The molecule has 1 saturated heterocycles. The van der Waals surface area contributed by atoms with Crippen LogP contribution in [-0.2, 0) is 5.41 Å². The summed E-state index contributed by atoms with van der Waals surface area (Å²) in [5.41, 5.74) is -0.0675. The Kier molecular flexibility index (Phi) is 4.05. The number of aliphatic hydroxyl groups is 1. The summed E-state index contributed by atoms with van der Waals surface area (Å²) in [6.07, 6.45) is 1.17. The van der Waals surface area contributed by atoms with Crippen LogP contribution >= 0.6 is 11.3 Å². The highest BCUT2D eigenvalue weighted by Gasteiger charge is 2.24. The molecule has 0 saturated carbocycles. The zero-order valence-electron chi connectivity index (χ0n) is 11.5. The Morgan fingerprint density at radius 1 is 1.47 bits per heavy atom. The van der Waals surface area contributed by atoms with Crippen molar-refractivity contribution >= 4 is 22.5 Å². The lowest BCUT2D eigenvalue weighted by Gasteiger charge is -2.29. The van der Waals surface area contributed by atoms with Crippen molar-refractivity contribution < 1.29 is 9.90 Å². The van der Waals surface area contributed by atoms with Crippen LogP contribution in [0.3, 0.4) is 0 Å². The van der Waals surface area contributed by atoms with Crippen LogP contribution in [-0.4, -0.2) is 45.4 Å². The van der Waals surface area contributed by atoms with Crippen molar-refractivity contribution in [1.82, 2.24) is 15.1 Å². The van der Waals surface area contributed by atoms with Gasteiger partial charge in [0, 0.05) is 18.5 Å². The van der Waals surface area contributed by atoms with Gasteiger partial charge in [-0.15, -0.1) is 10.2 Å². The van der Waals surface area contributed by atoms with E-state index in [-0.39, 0.29) is 11.4 Å². The highest BCUT2D eigenvalue weighted by atomic mass is 32.1. The summed E-state index contributed by atoms with van der Waals surface area (Å²) < 4.78 is 0. The molecule has 0 spiro atoms. The van der Waals surface area contributed by atoms with Crippen molar-refractivity contribution in [3.05, 3.63) is 5.01 Å². The molecule has 0 aliphatic carbocycles. The molecule has 0 aromatic carbocycles. The summed E-state index contributed by atoms with van der Waals surface area (Å²) in [5, 5.41) is 21.8. The van der Waals surface area contributed by atoms with Crippen molar-refractivity contribution in [3.8, 4) is 0 Å². The minimum absolute atomic E-state index is 0.0675. The van der Waals surface area contributed by atoms with E-state index in [0.717, 1.165) is 17.8 Å². The number of urea groups is 1. The van der Waals surface area contributed by atoms with E-state index >= 15 is 0 Å². The number of hydrogen-bond donors (Lipinski definition) is 2. The zero-order valence-corrected chi connectivity index (χ0v) is 12.3. The number of aliphatic hydroxyl groups excluding tert-OH is 1. The number of nitrogens with one attached hydrogen (secondary N) is 1. The van der Waals surface area contributed by atoms with Crippen LogP contribution in [0.15, 0.2) is 0 Å². The number of nitrogens with zero attached hydrogens (tertiary/aromatic N) is 3. The van der Waals surface area contributed by atoms with Crippen molar-refractivity contribution in [2.45, 2.75) is 45.1 Å². The first-order chi connectivity index (χ1) is 8.86. The summed E-state index contributed by atoms with van der Waals surface area (Å²) in [6, 6.07) is -0.213. The van der Waals surface area contributed by atoms with Crippen LogP contribution in [0.25, 0.3) is 0 Å². The minimum Gasteiger partial charge on any atom is -0.391 e. The Balaban J connectivity index is 1.97. The molecule has 2 amide bonds. The minimum atomic E-state index is -0.418. The average molecular weight is 284 g/mol. The Labute approximate surface area is 116 Å². The van der Waals surface area contributed by atoms with E-state index in [1.54, 1.807) is 4.90 Å². The third-order valence-corrected chi connectivity index (χ3v) is 4.23. The van der Waals surface area contributed by atoms with Gasteiger partial charge in [-0.3, -0.25) is 5.32 Å². The number of aromatic nitrogens is 2. The molecule has 7 heteroatoms.